The molecule has 0 atom stereocenters. The van der Waals surface area contributed by atoms with Gasteiger partial charge in [-0.1, -0.05) is 31.8 Å². The van der Waals surface area contributed by atoms with Gasteiger partial charge in [-0.2, -0.15) is 5.26 Å². The molecule has 3 amide bonds. The first-order chi connectivity index (χ1) is 23.0. The van der Waals surface area contributed by atoms with Crippen molar-refractivity contribution in [2.45, 2.75) is 122 Å². The monoisotopic (exact) mass is 690 g/mol. The first-order valence-electron chi connectivity index (χ1n) is 17.5. The van der Waals surface area contributed by atoms with Crippen LogP contribution in [0.1, 0.15) is 112 Å². The molecule has 1 saturated heterocycles. The highest BCUT2D eigenvalue weighted by atomic mass is 28.3. The summed E-state index contributed by atoms with van der Waals surface area (Å²) in [6.07, 6.45) is 7.36. The second-order valence-electron chi connectivity index (χ2n) is 15.9. The van der Waals surface area contributed by atoms with Gasteiger partial charge in [0.1, 0.15) is 17.2 Å². The molecule has 0 unspecified atom stereocenters. The molecule has 1 aromatic heterocycles. The van der Waals surface area contributed by atoms with Crippen molar-refractivity contribution in [3.63, 3.8) is 0 Å². The van der Waals surface area contributed by atoms with Gasteiger partial charge in [0.15, 0.2) is 11.5 Å². The van der Waals surface area contributed by atoms with E-state index in [1.807, 2.05) is 11.0 Å². The average molecular weight is 691 g/mol. The largest absolute Gasteiger partial charge is 0.444 e. The van der Waals surface area contributed by atoms with Gasteiger partial charge in [0.05, 0.1) is 12.3 Å². The minimum Gasteiger partial charge on any atom is -0.444 e. The molecule has 12 heteroatoms. The second-order valence-corrected chi connectivity index (χ2v) is 21.6. The van der Waals surface area contributed by atoms with Gasteiger partial charge in [0.25, 0.3) is 5.91 Å². The van der Waals surface area contributed by atoms with E-state index in [9.17, 15) is 19.6 Å². The first-order valence-corrected chi connectivity index (χ1v) is 21.2. The molecule has 266 valence electrons. The van der Waals surface area contributed by atoms with Crippen LogP contribution in [0.3, 0.4) is 0 Å². The molecule has 4 rings (SSSR count). The van der Waals surface area contributed by atoms with Crippen molar-refractivity contribution in [3.05, 3.63) is 52.6 Å². The molecule has 2 heterocycles. The molecule has 49 heavy (non-hydrogen) atoms. The number of anilines is 1. The lowest BCUT2D eigenvalue weighted by Gasteiger charge is -2.37. The van der Waals surface area contributed by atoms with Crippen LogP contribution in [0.4, 0.5) is 10.5 Å². The number of alkyl carbamates (subject to hydrolysis) is 1. The number of H-pyrrole nitrogens is 1. The molecule has 0 saturated carbocycles. The number of imidazole rings is 1. The number of amides is 3. The minimum absolute atomic E-state index is 0.0779. The Hall–Kier alpha value is -3.95. The molecule has 1 aromatic carbocycles. The maximum absolute atomic E-state index is 13.5. The Bertz CT molecular complexity index is 1590. The molecule has 1 aliphatic heterocycles. The number of ether oxygens (including phenoxy) is 2. The number of carbonyl (C=O) groups excluding carboxylic acids is 3. The van der Waals surface area contributed by atoms with E-state index in [-0.39, 0.29) is 30.0 Å². The highest BCUT2D eigenvalue weighted by Crippen LogP contribution is 2.37. The lowest BCUT2D eigenvalue weighted by molar-refractivity contribution is -0.138. The predicted molar refractivity (Wildman–Crippen MR) is 194 cm³/mol. The zero-order chi connectivity index (χ0) is 36.0. The Labute approximate surface area is 292 Å². The average Bonchev–Trinajstić information content (AvgIpc) is 3.45. The third kappa shape index (κ3) is 10.8. The number of nitriles is 1. The maximum Gasteiger partial charge on any atom is 0.408 e. The number of likely N-dealkylation sites (tertiary alicyclic amines) is 1. The van der Waals surface area contributed by atoms with E-state index in [4.69, 9.17) is 9.47 Å². The summed E-state index contributed by atoms with van der Waals surface area (Å²) in [5.74, 6) is -0.231. The third-order valence-corrected chi connectivity index (χ3v) is 10.6. The number of piperidine rings is 1. The van der Waals surface area contributed by atoms with Crippen LogP contribution < -0.4 is 10.6 Å². The molecule has 2 aromatic rings. The molecule has 3 N–H and O–H groups in total. The van der Waals surface area contributed by atoms with E-state index in [2.05, 4.69) is 64.5 Å². The van der Waals surface area contributed by atoms with Crippen LogP contribution in [0, 0.1) is 11.3 Å². The van der Waals surface area contributed by atoms with Gasteiger partial charge < -0.3 is 30.0 Å². The molecule has 2 aliphatic rings. The van der Waals surface area contributed by atoms with E-state index >= 15 is 0 Å². The zero-order valence-electron chi connectivity index (χ0n) is 30.5. The quantitative estimate of drug-likeness (QED) is 0.165. The van der Waals surface area contributed by atoms with Crippen LogP contribution in [0.15, 0.2) is 24.3 Å². The Morgan fingerprint density at radius 3 is 2.43 bits per heavy atom. The number of rotatable bonds is 11. The summed E-state index contributed by atoms with van der Waals surface area (Å²) in [7, 11) is -1.25. The fourth-order valence-electron chi connectivity index (χ4n) is 6.14. The number of nitrogens with zero attached hydrogens (tertiary/aromatic N) is 3. The summed E-state index contributed by atoms with van der Waals surface area (Å²) in [5.41, 5.74) is 2.98. The molecule has 0 bridgehead atoms. The van der Waals surface area contributed by atoms with Crippen LogP contribution in [0.2, 0.25) is 25.7 Å². The van der Waals surface area contributed by atoms with Crippen LogP contribution in [0.25, 0.3) is 5.57 Å². The number of hydrogen-bond donors (Lipinski definition) is 3. The standard InChI is InChI=1S/C37H54N6O5Si/c1-36(2,3)48-35(46)42-37(4,5)34(45)43-18-16-25(17-19-43)27-14-15-29(28(22-27)26-12-10-9-11-13-26)41-33(44)32-39-30(23-38)31(40-32)24-47-20-21-49(6,7)8/h12,14-15,22,25H,9-11,13,16-21,24H2,1-8H3,(H,39,40)(H,41,44)(H,42,46). The second kappa shape index (κ2) is 15.7. The highest BCUT2D eigenvalue weighted by molar-refractivity contribution is 6.76. The van der Waals surface area contributed by atoms with Crippen LogP contribution in [-0.2, 0) is 20.9 Å². The van der Waals surface area contributed by atoms with E-state index in [0.717, 1.165) is 50.1 Å². The van der Waals surface area contributed by atoms with Gasteiger partial charge in [0, 0.05) is 39.0 Å². The molecular formula is C37H54N6O5Si. The lowest BCUT2D eigenvalue weighted by Crippen LogP contribution is -2.57. The predicted octanol–water partition coefficient (Wildman–Crippen LogP) is 7.36. The summed E-state index contributed by atoms with van der Waals surface area (Å²) >= 11 is 0. The lowest BCUT2D eigenvalue weighted by atomic mass is 9.85. The number of aromatic amines is 1. The topological polar surface area (TPSA) is 149 Å². The summed E-state index contributed by atoms with van der Waals surface area (Å²) < 4.78 is 11.2. The molecule has 0 spiro atoms. The summed E-state index contributed by atoms with van der Waals surface area (Å²) in [5, 5.41) is 15.4. The fourth-order valence-corrected chi connectivity index (χ4v) is 6.90. The van der Waals surface area contributed by atoms with Gasteiger partial charge in [-0.05, 0) is 108 Å². The van der Waals surface area contributed by atoms with E-state index in [1.165, 1.54) is 11.1 Å². The fraction of sp³-hybridized carbons (Fsp3) is 0.595. The first kappa shape index (κ1) is 37.9. The maximum atomic E-state index is 13.5. The van der Waals surface area contributed by atoms with Crippen molar-refractivity contribution in [3.8, 4) is 6.07 Å². The number of benzene rings is 1. The molecule has 1 fully saturated rings. The van der Waals surface area contributed by atoms with Gasteiger partial charge >= 0.3 is 6.09 Å². The Morgan fingerprint density at radius 2 is 1.82 bits per heavy atom. The summed E-state index contributed by atoms with van der Waals surface area (Å²) in [6.45, 7) is 17.6. The minimum atomic E-state index is -1.25. The number of allylic oxidation sites excluding steroid dienone is 2. The van der Waals surface area contributed by atoms with Crippen molar-refractivity contribution >= 4 is 37.2 Å². The number of aromatic nitrogens is 2. The van der Waals surface area contributed by atoms with E-state index in [1.54, 1.807) is 34.6 Å². The Morgan fingerprint density at radius 1 is 1.10 bits per heavy atom. The Balaban J connectivity index is 1.45. The van der Waals surface area contributed by atoms with Gasteiger partial charge in [-0.3, -0.25) is 9.59 Å². The molecular weight excluding hydrogens is 637 g/mol. The number of hydrogen-bond acceptors (Lipinski definition) is 7. The van der Waals surface area contributed by atoms with Crippen LogP contribution >= 0.6 is 0 Å². The van der Waals surface area contributed by atoms with Gasteiger partial charge in [0.2, 0.25) is 5.91 Å². The van der Waals surface area contributed by atoms with Crippen molar-refractivity contribution in [2.75, 3.05) is 25.0 Å². The van der Waals surface area contributed by atoms with E-state index in [0.29, 0.717) is 31.1 Å². The van der Waals surface area contributed by atoms with Crippen LogP contribution in [0.5, 0.6) is 0 Å². The Kier molecular flexibility index (Phi) is 12.1. The van der Waals surface area contributed by atoms with Gasteiger partial charge in [-0.15, -0.1) is 0 Å². The zero-order valence-corrected chi connectivity index (χ0v) is 31.5. The molecule has 0 radical (unpaired) electrons. The SMILES string of the molecule is CC(C)(C)OC(=O)NC(C)(C)C(=O)N1CCC(c2ccc(NC(=O)c3nc(C#N)c(COCC[Si](C)(C)C)[nH]3)c(C3=CCCCC3)c2)CC1. The number of carbonyl (C=O) groups is 3. The highest BCUT2D eigenvalue weighted by Gasteiger charge is 2.37. The summed E-state index contributed by atoms with van der Waals surface area (Å²) in [6, 6.07) is 9.28. The summed E-state index contributed by atoms with van der Waals surface area (Å²) in [4.78, 5) is 48.4. The normalized spacial score (nSPS) is 16.1. The number of nitrogens with one attached hydrogen (secondary N) is 3. The molecule has 1 aliphatic carbocycles. The smallest absolute Gasteiger partial charge is 0.408 e. The van der Waals surface area contributed by atoms with Crippen molar-refractivity contribution < 1.29 is 23.9 Å². The van der Waals surface area contributed by atoms with Crippen LogP contribution in [-0.4, -0.2) is 71.7 Å². The molecule has 11 nitrogen and oxygen atoms in total. The van der Waals surface area contributed by atoms with Crippen molar-refractivity contribution in [1.29, 1.82) is 5.26 Å². The van der Waals surface area contributed by atoms with Crippen molar-refractivity contribution in [1.82, 2.24) is 20.2 Å². The van der Waals surface area contributed by atoms with E-state index < -0.39 is 31.2 Å². The third-order valence-electron chi connectivity index (χ3n) is 8.87. The van der Waals surface area contributed by atoms with Gasteiger partial charge in [-0.25, -0.2) is 9.78 Å². The van der Waals surface area contributed by atoms with Crippen molar-refractivity contribution in [2.24, 2.45) is 0 Å².